The highest BCUT2D eigenvalue weighted by molar-refractivity contribution is 6.55. The minimum atomic E-state index is -0.471. The standard InChI is InChI=1S/C14H17Cl2N3O/c1-14(2,3)19(10-12(15)16)13(20)18-17-9-11-7-5-4-6-8-11/h4-10H,1-3H3,(H,18,20). The summed E-state index contributed by atoms with van der Waals surface area (Å²) in [5.74, 6) is 0. The molecule has 6 heteroatoms. The fourth-order valence-corrected chi connectivity index (χ4v) is 1.60. The van der Waals surface area contributed by atoms with Crippen LogP contribution in [0.3, 0.4) is 0 Å². The van der Waals surface area contributed by atoms with Gasteiger partial charge >= 0.3 is 6.03 Å². The molecule has 4 nitrogen and oxygen atoms in total. The zero-order valence-corrected chi connectivity index (χ0v) is 13.1. The second-order valence-electron chi connectivity index (χ2n) is 5.05. The first kappa shape index (κ1) is 16.5. The van der Waals surface area contributed by atoms with Gasteiger partial charge in [-0.05, 0) is 26.3 Å². The highest BCUT2D eigenvalue weighted by Crippen LogP contribution is 2.18. The molecule has 2 amide bonds. The van der Waals surface area contributed by atoms with Gasteiger partial charge in [-0.15, -0.1) is 0 Å². The van der Waals surface area contributed by atoms with Crippen LogP contribution >= 0.6 is 23.2 Å². The maximum Gasteiger partial charge on any atom is 0.342 e. The van der Waals surface area contributed by atoms with Crippen LogP contribution in [0.5, 0.6) is 0 Å². The first-order valence-corrected chi connectivity index (χ1v) is 6.76. The summed E-state index contributed by atoms with van der Waals surface area (Å²) in [6.07, 6.45) is 2.92. The van der Waals surface area contributed by atoms with Gasteiger partial charge in [-0.2, -0.15) is 5.10 Å². The average molecular weight is 314 g/mol. The number of hydrazone groups is 1. The normalized spacial score (nSPS) is 11.2. The van der Waals surface area contributed by atoms with Gasteiger partial charge in [0.05, 0.1) is 6.21 Å². The SMILES string of the molecule is CC(C)(C)N(C=C(Cl)Cl)C(=O)NN=Cc1ccccc1. The largest absolute Gasteiger partial charge is 0.342 e. The molecule has 20 heavy (non-hydrogen) atoms. The Morgan fingerprint density at radius 3 is 2.35 bits per heavy atom. The third-order valence-electron chi connectivity index (χ3n) is 2.34. The summed E-state index contributed by atoms with van der Waals surface area (Å²) in [6.45, 7) is 5.59. The van der Waals surface area contributed by atoms with E-state index in [1.807, 2.05) is 51.1 Å². The number of hydrogen-bond donors (Lipinski definition) is 1. The van der Waals surface area contributed by atoms with Crippen molar-refractivity contribution in [3.8, 4) is 0 Å². The number of carbonyl (C=O) groups excluding carboxylic acids is 1. The smallest absolute Gasteiger partial charge is 0.292 e. The lowest BCUT2D eigenvalue weighted by Gasteiger charge is -2.31. The van der Waals surface area contributed by atoms with Crippen LogP contribution in [-0.4, -0.2) is 22.7 Å². The molecule has 0 radical (unpaired) electrons. The van der Waals surface area contributed by atoms with Crippen LogP contribution in [-0.2, 0) is 0 Å². The van der Waals surface area contributed by atoms with Crippen LogP contribution < -0.4 is 5.43 Å². The molecule has 0 aromatic heterocycles. The molecule has 0 aliphatic heterocycles. The van der Waals surface area contributed by atoms with Crippen molar-refractivity contribution in [2.45, 2.75) is 26.3 Å². The van der Waals surface area contributed by atoms with Crippen molar-refractivity contribution in [2.75, 3.05) is 0 Å². The van der Waals surface area contributed by atoms with Crippen molar-refractivity contribution in [3.63, 3.8) is 0 Å². The first-order chi connectivity index (χ1) is 9.30. The van der Waals surface area contributed by atoms with E-state index >= 15 is 0 Å². The fourth-order valence-electron chi connectivity index (χ4n) is 1.41. The molecule has 0 saturated heterocycles. The van der Waals surface area contributed by atoms with Crippen LogP contribution in [0.15, 0.2) is 46.1 Å². The summed E-state index contributed by atoms with van der Waals surface area (Å²) in [7, 11) is 0. The minimum Gasteiger partial charge on any atom is -0.292 e. The Labute approximate surface area is 129 Å². The molecule has 0 spiro atoms. The molecular formula is C14H17Cl2N3O. The number of nitrogens with zero attached hydrogens (tertiary/aromatic N) is 2. The van der Waals surface area contributed by atoms with E-state index in [-0.39, 0.29) is 4.49 Å². The Morgan fingerprint density at radius 1 is 1.25 bits per heavy atom. The maximum absolute atomic E-state index is 12.1. The number of hydrogen-bond acceptors (Lipinski definition) is 2. The maximum atomic E-state index is 12.1. The van der Waals surface area contributed by atoms with E-state index in [4.69, 9.17) is 23.2 Å². The van der Waals surface area contributed by atoms with E-state index in [1.54, 1.807) is 6.21 Å². The molecule has 1 aromatic rings. The molecule has 0 fully saturated rings. The van der Waals surface area contributed by atoms with Crippen molar-refractivity contribution < 1.29 is 4.79 Å². The van der Waals surface area contributed by atoms with Crippen LogP contribution in [0.2, 0.25) is 0 Å². The van der Waals surface area contributed by atoms with Crippen molar-refractivity contribution >= 4 is 35.4 Å². The molecule has 0 aliphatic carbocycles. The zero-order valence-electron chi connectivity index (χ0n) is 11.6. The number of carbonyl (C=O) groups is 1. The van der Waals surface area contributed by atoms with E-state index < -0.39 is 11.6 Å². The van der Waals surface area contributed by atoms with Crippen molar-refractivity contribution in [1.82, 2.24) is 10.3 Å². The molecule has 0 unspecified atom stereocenters. The van der Waals surface area contributed by atoms with E-state index in [0.29, 0.717) is 0 Å². The summed E-state index contributed by atoms with van der Waals surface area (Å²) < 4.78 is 0.00196. The van der Waals surface area contributed by atoms with Gasteiger partial charge in [0.1, 0.15) is 4.49 Å². The Hall–Kier alpha value is -1.52. The van der Waals surface area contributed by atoms with Crippen molar-refractivity contribution in [3.05, 3.63) is 46.6 Å². The average Bonchev–Trinajstić information content (AvgIpc) is 2.35. The van der Waals surface area contributed by atoms with Crippen LogP contribution in [0.4, 0.5) is 4.79 Å². The van der Waals surface area contributed by atoms with Gasteiger partial charge in [-0.3, -0.25) is 4.90 Å². The summed E-state index contributed by atoms with van der Waals surface area (Å²) in [5.41, 5.74) is 2.86. The number of halogens is 2. The number of amides is 2. The highest BCUT2D eigenvalue weighted by atomic mass is 35.5. The Kier molecular flexibility index (Phi) is 6.05. The quantitative estimate of drug-likeness (QED) is 0.662. The number of nitrogens with one attached hydrogen (secondary N) is 1. The fraction of sp³-hybridized carbons (Fsp3) is 0.286. The lowest BCUT2D eigenvalue weighted by molar-refractivity contribution is 0.179. The van der Waals surface area contributed by atoms with Gasteiger partial charge < -0.3 is 0 Å². The molecule has 108 valence electrons. The second-order valence-corrected chi connectivity index (χ2v) is 6.05. The summed E-state index contributed by atoms with van der Waals surface area (Å²) in [4.78, 5) is 13.4. The van der Waals surface area contributed by atoms with E-state index in [2.05, 4.69) is 10.5 Å². The summed E-state index contributed by atoms with van der Waals surface area (Å²) in [6, 6.07) is 9.04. The Balaban J connectivity index is 2.73. The van der Waals surface area contributed by atoms with E-state index in [9.17, 15) is 4.79 Å². The minimum absolute atomic E-state index is 0.00196. The second kappa shape index (κ2) is 7.31. The predicted octanol–water partition coefficient (Wildman–Crippen LogP) is 4.11. The van der Waals surface area contributed by atoms with Gasteiger partial charge in [0, 0.05) is 11.7 Å². The molecule has 0 heterocycles. The molecule has 0 saturated carbocycles. The molecule has 0 aliphatic rings. The third-order valence-corrected chi connectivity index (χ3v) is 2.54. The Morgan fingerprint density at radius 2 is 1.85 bits per heavy atom. The van der Waals surface area contributed by atoms with Gasteiger partial charge in [0.25, 0.3) is 0 Å². The molecule has 1 rings (SSSR count). The van der Waals surface area contributed by atoms with Crippen LogP contribution in [0.25, 0.3) is 0 Å². The van der Waals surface area contributed by atoms with Crippen LogP contribution in [0, 0.1) is 0 Å². The van der Waals surface area contributed by atoms with E-state index in [0.717, 1.165) is 5.56 Å². The lowest BCUT2D eigenvalue weighted by Crippen LogP contribution is -2.45. The number of rotatable bonds is 3. The van der Waals surface area contributed by atoms with Crippen LogP contribution in [0.1, 0.15) is 26.3 Å². The first-order valence-electron chi connectivity index (χ1n) is 6.01. The topological polar surface area (TPSA) is 44.7 Å². The highest BCUT2D eigenvalue weighted by Gasteiger charge is 2.24. The number of benzene rings is 1. The van der Waals surface area contributed by atoms with Crippen molar-refractivity contribution in [2.24, 2.45) is 5.10 Å². The summed E-state index contributed by atoms with van der Waals surface area (Å²) >= 11 is 11.2. The van der Waals surface area contributed by atoms with Gasteiger partial charge in [0.15, 0.2) is 0 Å². The predicted molar refractivity (Wildman–Crippen MR) is 83.9 cm³/mol. The Bertz CT molecular complexity index is 503. The van der Waals surface area contributed by atoms with Gasteiger partial charge in [0.2, 0.25) is 0 Å². The molecule has 1 N–H and O–H groups in total. The van der Waals surface area contributed by atoms with E-state index in [1.165, 1.54) is 11.1 Å². The summed E-state index contributed by atoms with van der Waals surface area (Å²) in [5, 5.41) is 3.90. The lowest BCUT2D eigenvalue weighted by atomic mass is 10.1. The molecular weight excluding hydrogens is 297 g/mol. The monoisotopic (exact) mass is 313 g/mol. The molecule has 1 aromatic carbocycles. The zero-order chi connectivity index (χ0) is 15.2. The molecule has 0 atom stereocenters. The van der Waals surface area contributed by atoms with Crippen molar-refractivity contribution in [1.29, 1.82) is 0 Å². The van der Waals surface area contributed by atoms with Gasteiger partial charge in [-0.1, -0.05) is 53.5 Å². The molecule has 0 bridgehead atoms. The van der Waals surface area contributed by atoms with Gasteiger partial charge in [-0.25, -0.2) is 10.2 Å². The number of urea groups is 1. The third kappa shape index (κ3) is 5.63.